The number of hydrogen-bond acceptors (Lipinski definition) is 11. The van der Waals surface area contributed by atoms with Gasteiger partial charge in [0.25, 0.3) is 6.47 Å². The molecular formula is C24H23BFN5O11. The van der Waals surface area contributed by atoms with Crippen molar-refractivity contribution in [3.05, 3.63) is 53.1 Å². The highest BCUT2D eigenvalue weighted by atomic mass is 19.1. The molecule has 3 heterocycles. The molecule has 2 aromatic rings. The van der Waals surface area contributed by atoms with Crippen molar-refractivity contribution < 1.29 is 57.8 Å². The summed E-state index contributed by atoms with van der Waals surface area (Å²) in [5.41, 5.74) is -0.643. The number of carboxylic acid groups (broad SMARTS) is 1. The smallest absolute Gasteiger partial charge is 0.534 e. The van der Waals surface area contributed by atoms with Crippen molar-refractivity contribution in [3.8, 4) is 11.5 Å². The van der Waals surface area contributed by atoms with Crippen molar-refractivity contribution in [1.82, 2.24) is 25.4 Å². The third kappa shape index (κ3) is 5.78. The van der Waals surface area contributed by atoms with Crippen molar-refractivity contribution in [2.24, 2.45) is 0 Å². The van der Waals surface area contributed by atoms with Gasteiger partial charge >= 0.3 is 30.9 Å². The second-order valence-electron chi connectivity index (χ2n) is 9.08. The van der Waals surface area contributed by atoms with Gasteiger partial charge in [-0.15, -0.1) is 0 Å². The number of amides is 5. The van der Waals surface area contributed by atoms with Crippen LogP contribution in [0.2, 0.25) is 0 Å². The minimum Gasteiger partial charge on any atom is -0.534 e. The van der Waals surface area contributed by atoms with Gasteiger partial charge in [0.1, 0.15) is 17.2 Å². The van der Waals surface area contributed by atoms with Crippen LogP contribution in [0.5, 0.6) is 11.5 Å². The van der Waals surface area contributed by atoms with E-state index in [9.17, 15) is 48.4 Å². The molecule has 0 saturated carbocycles. The number of likely N-dealkylation sites (N-methyl/N-ethyl adjacent to an activating group) is 1. The molecular weight excluding hydrogens is 564 g/mol. The van der Waals surface area contributed by atoms with Gasteiger partial charge in [-0.05, 0) is 25.0 Å². The molecule has 5 amide bonds. The molecule has 18 heteroatoms. The second kappa shape index (κ2) is 12.1. The molecule has 5 N–H and O–H groups in total. The number of rotatable bonds is 8. The molecule has 1 saturated heterocycles. The number of pyridine rings is 1. The van der Waals surface area contributed by atoms with Gasteiger partial charge in [0, 0.05) is 12.6 Å². The Balaban J connectivity index is 1.63. The van der Waals surface area contributed by atoms with Crippen LogP contribution < -0.4 is 15.3 Å². The maximum atomic E-state index is 14.9. The lowest BCUT2D eigenvalue weighted by Crippen LogP contribution is -2.64. The summed E-state index contributed by atoms with van der Waals surface area (Å²) in [4.78, 5) is 79.3. The predicted octanol–water partition coefficient (Wildman–Crippen LogP) is -1.30. The highest BCUT2D eigenvalue weighted by Gasteiger charge is 2.45. The highest BCUT2D eigenvalue weighted by Crippen LogP contribution is 2.30. The number of nitrogens with one attached hydrogen (secondary N) is 2. The molecule has 0 aliphatic carbocycles. The topological polar surface area (TPSA) is 225 Å². The molecule has 1 unspecified atom stereocenters. The summed E-state index contributed by atoms with van der Waals surface area (Å²) in [7, 11) is -1.78. The lowest BCUT2D eigenvalue weighted by atomic mass is 9.72. The zero-order chi connectivity index (χ0) is 30.7. The number of aromatic hydroxyl groups is 1. The van der Waals surface area contributed by atoms with Crippen molar-refractivity contribution >= 4 is 43.3 Å². The lowest BCUT2D eigenvalue weighted by Gasteiger charge is -2.37. The van der Waals surface area contributed by atoms with E-state index in [0.29, 0.717) is 11.6 Å². The minimum atomic E-state index is -2.03. The second-order valence-corrected chi connectivity index (χ2v) is 9.08. The first-order valence-corrected chi connectivity index (χ1v) is 12.3. The van der Waals surface area contributed by atoms with Crippen LogP contribution in [-0.2, 0) is 30.3 Å². The molecule has 0 radical (unpaired) electrons. The number of carbonyl (C=O) groups is 6. The van der Waals surface area contributed by atoms with E-state index in [-0.39, 0.29) is 42.2 Å². The van der Waals surface area contributed by atoms with E-state index in [0.717, 1.165) is 11.1 Å². The number of halogens is 1. The number of fused-ring (bicyclic) bond motifs is 1. The first-order valence-electron chi connectivity index (χ1n) is 12.3. The van der Waals surface area contributed by atoms with Crippen molar-refractivity contribution in [1.29, 1.82) is 0 Å². The number of ether oxygens (including phenoxy) is 1. The predicted molar refractivity (Wildman–Crippen MR) is 135 cm³/mol. The Hall–Kier alpha value is -5.26. The molecule has 4 rings (SSSR count). The molecule has 0 bridgehead atoms. The van der Waals surface area contributed by atoms with Crippen LogP contribution in [0.1, 0.15) is 34.6 Å². The maximum Gasteiger partial charge on any atom is 0.547 e. The van der Waals surface area contributed by atoms with E-state index < -0.39 is 72.3 Å². The number of nitrogens with zero attached hydrogens (tertiary/aromatic N) is 3. The number of aromatic nitrogens is 1. The van der Waals surface area contributed by atoms with Crippen LogP contribution in [0.25, 0.3) is 0 Å². The number of para-hydroxylation sites is 1. The maximum absolute atomic E-state index is 14.9. The van der Waals surface area contributed by atoms with Gasteiger partial charge < -0.3 is 40.2 Å². The zero-order valence-electron chi connectivity index (χ0n) is 21.7. The van der Waals surface area contributed by atoms with Crippen LogP contribution in [-0.4, -0.2) is 98.6 Å². The Labute approximate surface area is 236 Å². The number of hydrogen-bond donors (Lipinski definition) is 5. The molecule has 1 aromatic carbocycles. The summed E-state index contributed by atoms with van der Waals surface area (Å²) in [6.45, 7) is 1.17. The third-order valence-corrected chi connectivity index (χ3v) is 6.50. The average Bonchev–Trinajstić information content (AvgIpc) is 2.94. The van der Waals surface area contributed by atoms with Gasteiger partial charge in [0.05, 0.1) is 24.2 Å². The summed E-state index contributed by atoms with van der Waals surface area (Å²) < 4.78 is 25.0. The normalized spacial score (nSPS) is 18.9. The minimum absolute atomic E-state index is 0.0503. The Bertz CT molecular complexity index is 1460. The molecule has 0 spiro atoms. The third-order valence-electron chi connectivity index (χ3n) is 6.50. The lowest BCUT2D eigenvalue weighted by molar-refractivity contribution is -0.170. The molecule has 220 valence electrons. The highest BCUT2D eigenvalue weighted by molar-refractivity contribution is 6.47. The number of urea groups is 1. The van der Waals surface area contributed by atoms with Crippen LogP contribution in [0, 0.1) is 5.82 Å². The van der Waals surface area contributed by atoms with Gasteiger partial charge in [-0.25, -0.2) is 18.9 Å². The Morgan fingerprint density at radius 2 is 2.05 bits per heavy atom. The first-order chi connectivity index (χ1) is 20.0. The largest absolute Gasteiger partial charge is 0.547 e. The standard InChI is InChI=1S/C24H23BFN5O11/c1-2-30-9-16(41-10-32)31(22(36)21(30)35)24(39)29-18(17-14(26)7-12(33)8-27-17)20(34)28-15-6-11-4-3-5-13(23(37)38)19(11)42-25(15)40/h3-5,7-8,10,15-16,18,33,40H,2,6,9H2,1H3,(H,28,34)(H,29,39)(H,37,38)/t15-,16-,18?/m0/s1. The summed E-state index contributed by atoms with van der Waals surface area (Å²) in [5, 5.41) is 33.9. The van der Waals surface area contributed by atoms with E-state index in [1.807, 2.05) is 0 Å². The fourth-order valence-corrected chi connectivity index (χ4v) is 4.47. The van der Waals surface area contributed by atoms with Crippen molar-refractivity contribution in [2.75, 3.05) is 13.1 Å². The molecule has 2 aliphatic heterocycles. The van der Waals surface area contributed by atoms with Gasteiger partial charge in [0.15, 0.2) is 11.9 Å². The van der Waals surface area contributed by atoms with Crippen molar-refractivity contribution in [3.63, 3.8) is 0 Å². The molecule has 16 nitrogen and oxygen atoms in total. The number of aromatic carboxylic acids is 1. The Morgan fingerprint density at radius 3 is 2.69 bits per heavy atom. The molecule has 42 heavy (non-hydrogen) atoms. The first kappa shape index (κ1) is 29.7. The zero-order valence-corrected chi connectivity index (χ0v) is 21.7. The van der Waals surface area contributed by atoms with E-state index in [1.54, 1.807) is 6.92 Å². The molecule has 1 fully saturated rings. The molecule has 1 aromatic heterocycles. The number of carbonyl (C=O) groups excluding carboxylic acids is 5. The van der Waals surface area contributed by atoms with Gasteiger partial charge in [0.2, 0.25) is 12.1 Å². The van der Waals surface area contributed by atoms with E-state index >= 15 is 0 Å². The van der Waals surface area contributed by atoms with Crippen LogP contribution >= 0.6 is 0 Å². The number of carboxylic acids is 1. The van der Waals surface area contributed by atoms with Crippen LogP contribution in [0.4, 0.5) is 9.18 Å². The molecule has 2 aliphatic rings. The fraction of sp³-hybridized carbons (Fsp3) is 0.292. The van der Waals surface area contributed by atoms with Gasteiger partial charge in [-0.3, -0.25) is 24.2 Å². The number of benzene rings is 1. The summed E-state index contributed by atoms with van der Waals surface area (Å²) in [5.74, 6) is -8.20. The fourth-order valence-electron chi connectivity index (χ4n) is 4.47. The van der Waals surface area contributed by atoms with Crippen LogP contribution in [0.3, 0.4) is 0 Å². The van der Waals surface area contributed by atoms with E-state index in [1.165, 1.54) is 18.2 Å². The summed E-state index contributed by atoms with van der Waals surface area (Å²) in [6.07, 6.45) is -0.945. The van der Waals surface area contributed by atoms with Crippen LogP contribution in [0.15, 0.2) is 30.5 Å². The van der Waals surface area contributed by atoms with E-state index in [2.05, 4.69) is 15.6 Å². The average molecular weight is 587 g/mol. The molecule has 3 atom stereocenters. The van der Waals surface area contributed by atoms with Gasteiger partial charge in [-0.1, -0.05) is 12.1 Å². The summed E-state index contributed by atoms with van der Waals surface area (Å²) in [6, 6.07) is 1.33. The van der Waals surface area contributed by atoms with Crippen molar-refractivity contribution in [2.45, 2.75) is 31.6 Å². The number of piperazine rings is 1. The Morgan fingerprint density at radius 1 is 1.31 bits per heavy atom. The number of imide groups is 1. The Kier molecular flexibility index (Phi) is 8.55. The monoisotopic (exact) mass is 587 g/mol. The quantitative estimate of drug-likeness (QED) is 0.138. The summed E-state index contributed by atoms with van der Waals surface area (Å²) >= 11 is 0. The van der Waals surface area contributed by atoms with E-state index in [4.69, 9.17) is 9.39 Å². The van der Waals surface area contributed by atoms with Gasteiger partial charge in [-0.2, -0.15) is 0 Å². The SMILES string of the molecule is CCN1C[C@H](OC=O)N(C(=O)NC(C(=O)N[C@H]2Cc3cccc(C(=O)O)c3OB2O)c2ncc(O)cc2F)C(=O)C1=O.